The predicted molar refractivity (Wildman–Crippen MR) is 91.0 cm³/mol. The fourth-order valence-electron chi connectivity index (χ4n) is 3.60. The molecular formula is C16H38N2Si. The first-order valence-electron chi connectivity index (χ1n) is 8.66. The van der Waals surface area contributed by atoms with Crippen LogP contribution in [0.2, 0.25) is 12.1 Å². The van der Waals surface area contributed by atoms with E-state index in [1.807, 2.05) is 0 Å². The summed E-state index contributed by atoms with van der Waals surface area (Å²) >= 11 is 0. The van der Waals surface area contributed by atoms with Gasteiger partial charge < -0.3 is 9.13 Å². The maximum absolute atomic E-state index is 2.83. The Morgan fingerprint density at radius 1 is 0.632 bits per heavy atom. The molecule has 0 bridgehead atoms. The number of unbranched alkanes of at least 4 members (excludes halogenated alkanes) is 3. The van der Waals surface area contributed by atoms with E-state index >= 15 is 0 Å². The molecule has 2 nitrogen and oxygen atoms in total. The number of nitrogens with zero attached hydrogens (tertiary/aromatic N) is 2. The minimum atomic E-state index is -1.41. The predicted octanol–water partition coefficient (Wildman–Crippen LogP) is 4.71. The Labute approximate surface area is 123 Å². The molecule has 0 rings (SSSR count). The van der Waals surface area contributed by atoms with E-state index < -0.39 is 8.40 Å². The second-order valence-corrected chi connectivity index (χ2v) is 9.93. The normalized spacial score (nSPS) is 12.6. The number of hydrogen-bond acceptors (Lipinski definition) is 2. The average Bonchev–Trinajstić information content (AvgIpc) is 2.45. The molecule has 0 aliphatic rings. The van der Waals surface area contributed by atoms with Crippen LogP contribution in [0.15, 0.2) is 0 Å². The van der Waals surface area contributed by atoms with Crippen molar-refractivity contribution in [3.8, 4) is 0 Å². The molecule has 0 aliphatic carbocycles. The Morgan fingerprint density at radius 3 is 1.42 bits per heavy atom. The van der Waals surface area contributed by atoms with E-state index in [-0.39, 0.29) is 0 Å². The van der Waals surface area contributed by atoms with Crippen LogP contribution in [-0.4, -0.2) is 43.7 Å². The van der Waals surface area contributed by atoms with Crippen molar-refractivity contribution in [2.24, 2.45) is 0 Å². The van der Waals surface area contributed by atoms with Crippen molar-refractivity contribution in [1.82, 2.24) is 9.13 Å². The molecule has 0 saturated carbocycles. The summed E-state index contributed by atoms with van der Waals surface area (Å²) < 4.78 is 5.65. The van der Waals surface area contributed by atoms with Crippen LogP contribution in [0.4, 0.5) is 0 Å². The van der Waals surface area contributed by atoms with E-state index in [1.54, 1.807) is 0 Å². The molecule has 19 heavy (non-hydrogen) atoms. The van der Waals surface area contributed by atoms with E-state index in [4.69, 9.17) is 0 Å². The molecule has 0 radical (unpaired) electrons. The topological polar surface area (TPSA) is 6.48 Å². The quantitative estimate of drug-likeness (QED) is 0.378. The smallest absolute Gasteiger partial charge is 0.206 e. The summed E-state index contributed by atoms with van der Waals surface area (Å²) in [7, 11) is -1.41. The molecule has 0 spiro atoms. The van der Waals surface area contributed by atoms with Crippen LogP contribution in [0.1, 0.15) is 67.2 Å². The van der Waals surface area contributed by atoms with Crippen molar-refractivity contribution in [2.75, 3.05) is 26.2 Å². The van der Waals surface area contributed by atoms with Crippen LogP contribution in [0, 0.1) is 0 Å². The molecule has 3 heteroatoms. The highest BCUT2D eigenvalue weighted by molar-refractivity contribution is 6.74. The van der Waals surface area contributed by atoms with E-state index in [2.05, 4.69) is 50.7 Å². The molecule has 0 aromatic rings. The molecule has 0 aromatic heterocycles. The summed E-state index contributed by atoms with van der Waals surface area (Å²) in [5.41, 5.74) is 0. The summed E-state index contributed by atoms with van der Waals surface area (Å²) in [6, 6.07) is 2.84. The van der Waals surface area contributed by atoms with E-state index in [0.29, 0.717) is 0 Å². The molecule has 0 aromatic carbocycles. The highest BCUT2D eigenvalue weighted by Gasteiger charge is 2.40. The van der Waals surface area contributed by atoms with Gasteiger partial charge in [-0.25, -0.2) is 0 Å². The summed E-state index contributed by atoms with van der Waals surface area (Å²) in [5, 5.41) is 0. The SMILES string of the molecule is CCCCCC[Si](CC)(N(CC)CC)N(CC)CC. The third-order valence-electron chi connectivity index (χ3n) is 4.70. The van der Waals surface area contributed by atoms with Crippen LogP contribution < -0.4 is 0 Å². The lowest BCUT2D eigenvalue weighted by Crippen LogP contribution is -2.65. The summed E-state index contributed by atoms with van der Waals surface area (Å²) in [6.45, 7) is 19.0. The maximum atomic E-state index is 2.83. The number of hydrogen-bond donors (Lipinski definition) is 0. The van der Waals surface area contributed by atoms with Gasteiger partial charge in [-0.15, -0.1) is 0 Å². The summed E-state index contributed by atoms with van der Waals surface area (Å²) in [4.78, 5) is 0. The molecular weight excluding hydrogens is 248 g/mol. The second kappa shape index (κ2) is 10.9. The summed E-state index contributed by atoms with van der Waals surface area (Å²) in [5.74, 6) is 0. The van der Waals surface area contributed by atoms with Crippen molar-refractivity contribution >= 4 is 8.40 Å². The molecule has 0 N–H and O–H groups in total. The zero-order chi connectivity index (χ0) is 14.7. The van der Waals surface area contributed by atoms with E-state index in [0.717, 1.165) is 0 Å². The molecule has 0 amide bonds. The Bertz CT molecular complexity index is 189. The van der Waals surface area contributed by atoms with Gasteiger partial charge in [-0.1, -0.05) is 67.2 Å². The van der Waals surface area contributed by atoms with E-state index in [1.165, 1.54) is 64.0 Å². The monoisotopic (exact) mass is 286 g/mol. The molecule has 0 fully saturated rings. The minimum absolute atomic E-state index is 1.22. The molecule has 0 saturated heterocycles. The Balaban J connectivity index is 4.93. The lowest BCUT2D eigenvalue weighted by molar-refractivity contribution is 0.345. The van der Waals surface area contributed by atoms with Crippen LogP contribution in [0.5, 0.6) is 0 Å². The lowest BCUT2D eigenvalue weighted by Gasteiger charge is -2.48. The molecule has 0 atom stereocenters. The van der Waals surface area contributed by atoms with Gasteiger partial charge in [0, 0.05) is 0 Å². The lowest BCUT2D eigenvalue weighted by atomic mass is 10.2. The minimum Gasteiger partial charge on any atom is -0.312 e. The third-order valence-corrected chi connectivity index (χ3v) is 10.6. The van der Waals surface area contributed by atoms with Crippen LogP contribution in [0.25, 0.3) is 0 Å². The Morgan fingerprint density at radius 2 is 1.11 bits per heavy atom. The molecule has 0 unspecified atom stereocenters. The number of rotatable bonds is 12. The first kappa shape index (κ1) is 19.1. The van der Waals surface area contributed by atoms with Gasteiger partial charge in [0.25, 0.3) is 0 Å². The van der Waals surface area contributed by atoms with Gasteiger partial charge in [-0.05, 0) is 38.3 Å². The first-order chi connectivity index (χ1) is 9.16. The van der Waals surface area contributed by atoms with Crippen LogP contribution >= 0.6 is 0 Å². The van der Waals surface area contributed by atoms with Gasteiger partial charge in [0.05, 0.1) is 0 Å². The third kappa shape index (κ3) is 5.20. The zero-order valence-corrected chi connectivity index (χ0v) is 15.5. The summed E-state index contributed by atoms with van der Waals surface area (Å²) in [6.07, 6.45) is 5.61. The van der Waals surface area contributed by atoms with Gasteiger partial charge in [0.1, 0.15) is 0 Å². The fourth-order valence-corrected chi connectivity index (χ4v) is 9.05. The highest BCUT2D eigenvalue weighted by Crippen LogP contribution is 2.27. The van der Waals surface area contributed by atoms with Gasteiger partial charge in [-0.3, -0.25) is 0 Å². The maximum Gasteiger partial charge on any atom is 0.206 e. The largest absolute Gasteiger partial charge is 0.312 e. The Kier molecular flexibility index (Phi) is 10.9. The van der Waals surface area contributed by atoms with Gasteiger partial charge in [-0.2, -0.15) is 0 Å². The first-order valence-corrected chi connectivity index (χ1v) is 11.0. The molecule has 116 valence electrons. The molecule has 0 heterocycles. The van der Waals surface area contributed by atoms with Crippen molar-refractivity contribution in [1.29, 1.82) is 0 Å². The Hall–Kier alpha value is 0.137. The molecule has 0 aliphatic heterocycles. The average molecular weight is 287 g/mol. The standard InChI is InChI=1S/C16H38N2Si/c1-7-13-14-15-16-19(12-6,17(8-2)9-3)18(10-4)11-5/h7-16H2,1-6H3. The van der Waals surface area contributed by atoms with Gasteiger partial charge in [0.15, 0.2) is 0 Å². The highest BCUT2D eigenvalue weighted by atomic mass is 28.3. The van der Waals surface area contributed by atoms with Gasteiger partial charge in [0.2, 0.25) is 8.40 Å². The van der Waals surface area contributed by atoms with Crippen molar-refractivity contribution in [3.05, 3.63) is 0 Å². The van der Waals surface area contributed by atoms with Crippen molar-refractivity contribution < 1.29 is 0 Å². The zero-order valence-electron chi connectivity index (χ0n) is 14.5. The van der Waals surface area contributed by atoms with Crippen molar-refractivity contribution in [3.63, 3.8) is 0 Å². The van der Waals surface area contributed by atoms with Crippen LogP contribution in [0.3, 0.4) is 0 Å². The van der Waals surface area contributed by atoms with E-state index in [9.17, 15) is 0 Å². The van der Waals surface area contributed by atoms with Gasteiger partial charge >= 0.3 is 0 Å². The second-order valence-electron chi connectivity index (χ2n) is 5.49. The van der Waals surface area contributed by atoms with Crippen molar-refractivity contribution in [2.45, 2.75) is 79.3 Å². The van der Waals surface area contributed by atoms with Crippen LogP contribution in [-0.2, 0) is 0 Å². The fraction of sp³-hybridized carbons (Fsp3) is 1.00.